The van der Waals surface area contributed by atoms with Crippen molar-refractivity contribution in [2.24, 2.45) is 0 Å². The number of alkyl halides is 3. The van der Waals surface area contributed by atoms with E-state index in [0.29, 0.717) is 12.1 Å². The third kappa shape index (κ3) is 5.96. The van der Waals surface area contributed by atoms with Crippen LogP contribution in [0.4, 0.5) is 35.2 Å². The maximum Gasteiger partial charge on any atom is 0.433 e. The molecule has 0 spiro atoms. The second-order valence-corrected chi connectivity index (χ2v) is 6.73. The summed E-state index contributed by atoms with van der Waals surface area (Å²) in [5.41, 5.74) is -2.55. The number of hydrogen-bond donors (Lipinski definition) is 2. The fourth-order valence-corrected chi connectivity index (χ4v) is 2.08. The van der Waals surface area contributed by atoms with Crippen LogP contribution in [0.3, 0.4) is 0 Å². The Labute approximate surface area is 162 Å². The second-order valence-electron chi connectivity index (χ2n) is 6.73. The van der Waals surface area contributed by atoms with Crippen molar-refractivity contribution >= 4 is 29.3 Å². The number of nitrogens with one attached hydrogen (secondary N) is 2. The number of anilines is 2. The lowest BCUT2D eigenvalue weighted by Gasteiger charge is -2.21. The van der Waals surface area contributed by atoms with E-state index in [9.17, 15) is 32.9 Å². The molecule has 0 saturated carbocycles. The van der Waals surface area contributed by atoms with Crippen molar-refractivity contribution < 1.29 is 36.8 Å². The average Bonchev–Trinajstić information content (AvgIpc) is 3.04. The molecule has 0 bridgehead atoms. The SMILES string of the molecule is CC(C)(C)OC(=O)Nc1ccc(C(F)(F)F)cc1NC(=O)c1ccc([N+](=O)[O-])o1. The molecule has 0 saturated heterocycles. The van der Waals surface area contributed by atoms with Crippen LogP contribution >= 0.6 is 0 Å². The lowest BCUT2D eigenvalue weighted by Crippen LogP contribution is -2.27. The van der Waals surface area contributed by atoms with Gasteiger partial charge in [0.1, 0.15) is 10.5 Å². The molecule has 2 amide bonds. The summed E-state index contributed by atoms with van der Waals surface area (Å²) in [5.74, 6) is -2.27. The van der Waals surface area contributed by atoms with E-state index in [1.165, 1.54) is 0 Å². The summed E-state index contributed by atoms with van der Waals surface area (Å²) >= 11 is 0. The molecule has 2 N–H and O–H groups in total. The van der Waals surface area contributed by atoms with Gasteiger partial charge in [0.15, 0.2) is 5.76 Å². The van der Waals surface area contributed by atoms with Gasteiger partial charge >= 0.3 is 18.2 Å². The zero-order valence-corrected chi connectivity index (χ0v) is 15.4. The molecule has 1 aromatic carbocycles. The molecule has 156 valence electrons. The van der Waals surface area contributed by atoms with Crippen LogP contribution in [-0.2, 0) is 10.9 Å². The van der Waals surface area contributed by atoms with Crippen LogP contribution in [0.5, 0.6) is 0 Å². The molecule has 0 aliphatic rings. The summed E-state index contributed by atoms with van der Waals surface area (Å²) in [6.45, 7) is 4.77. The molecule has 0 aliphatic heterocycles. The smallest absolute Gasteiger partial charge is 0.433 e. The molecule has 12 heteroatoms. The number of amides is 2. The first-order valence-electron chi connectivity index (χ1n) is 8.03. The van der Waals surface area contributed by atoms with Crippen LogP contribution in [0.15, 0.2) is 34.7 Å². The fourth-order valence-electron chi connectivity index (χ4n) is 2.08. The highest BCUT2D eigenvalue weighted by Crippen LogP contribution is 2.34. The molecule has 2 aromatic rings. The summed E-state index contributed by atoms with van der Waals surface area (Å²) < 4.78 is 48.8. The van der Waals surface area contributed by atoms with E-state index >= 15 is 0 Å². The first kappa shape index (κ1) is 21.7. The third-order valence-corrected chi connectivity index (χ3v) is 3.23. The number of furan rings is 1. The van der Waals surface area contributed by atoms with E-state index in [4.69, 9.17) is 9.15 Å². The molecule has 0 atom stereocenters. The van der Waals surface area contributed by atoms with E-state index in [1.54, 1.807) is 20.8 Å². The third-order valence-electron chi connectivity index (χ3n) is 3.23. The van der Waals surface area contributed by atoms with Gasteiger partial charge in [0, 0.05) is 0 Å². The summed E-state index contributed by atoms with van der Waals surface area (Å²) in [4.78, 5) is 33.9. The Morgan fingerprint density at radius 2 is 1.72 bits per heavy atom. The lowest BCUT2D eigenvalue weighted by atomic mass is 10.1. The molecule has 1 heterocycles. The van der Waals surface area contributed by atoms with Crippen LogP contribution in [0.25, 0.3) is 0 Å². The van der Waals surface area contributed by atoms with E-state index in [2.05, 4.69) is 10.6 Å². The predicted molar refractivity (Wildman–Crippen MR) is 94.6 cm³/mol. The number of hydrogen-bond acceptors (Lipinski definition) is 6. The van der Waals surface area contributed by atoms with Gasteiger partial charge in [-0.2, -0.15) is 13.2 Å². The maximum atomic E-state index is 13.0. The van der Waals surface area contributed by atoms with Gasteiger partial charge in [0.25, 0.3) is 5.91 Å². The molecule has 0 fully saturated rings. The van der Waals surface area contributed by atoms with E-state index in [-0.39, 0.29) is 5.69 Å². The highest BCUT2D eigenvalue weighted by molar-refractivity contribution is 6.05. The van der Waals surface area contributed by atoms with Crippen molar-refractivity contribution in [2.45, 2.75) is 32.5 Å². The normalized spacial score (nSPS) is 11.7. The van der Waals surface area contributed by atoms with E-state index in [0.717, 1.165) is 18.2 Å². The van der Waals surface area contributed by atoms with Crippen LogP contribution in [-0.4, -0.2) is 22.5 Å². The Balaban J connectivity index is 2.33. The lowest BCUT2D eigenvalue weighted by molar-refractivity contribution is -0.402. The van der Waals surface area contributed by atoms with E-state index in [1.807, 2.05) is 0 Å². The van der Waals surface area contributed by atoms with Gasteiger partial charge in [0.2, 0.25) is 0 Å². The summed E-state index contributed by atoms with van der Waals surface area (Å²) in [5, 5.41) is 15.0. The van der Waals surface area contributed by atoms with Crippen LogP contribution in [0.2, 0.25) is 0 Å². The molecule has 0 aliphatic carbocycles. The minimum absolute atomic E-state index is 0.179. The number of carbonyl (C=O) groups is 2. The fraction of sp³-hybridized carbons (Fsp3) is 0.294. The Hall–Kier alpha value is -3.57. The van der Waals surface area contributed by atoms with Crippen LogP contribution in [0, 0.1) is 10.1 Å². The number of halogens is 3. The van der Waals surface area contributed by atoms with Crippen molar-refractivity contribution in [2.75, 3.05) is 10.6 Å². The highest BCUT2D eigenvalue weighted by Gasteiger charge is 2.32. The van der Waals surface area contributed by atoms with Gasteiger partial charge in [-0.15, -0.1) is 0 Å². The van der Waals surface area contributed by atoms with Gasteiger partial charge < -0.3 is 14.5 Å². The predicted octanol–water partition coefficient (Wildman–Crippen LogP) is 4.81. The zero-order chi connectivity index (χ0) is 22.0. The number of benzene rings is 1. The monoisotopic (exact) mass is 415 g/mol. The first-order valence-corrected chi connectivity index (χ1v) is 8.03. The van der Waals surface area contributed by atoms with E-state index < -0.39 is 51.6 Å². The number of carbonyl (C=O) groups excluding carboxylic acids is 2. The van der Waals surface area contributed by atoms with Crippen LogP contribution < -0.4 is 10.6 Å². The van der Waals surface area contributed by atoms with Gasteiger partial charge in [-0.3, -0.25) is 20.2 Å². The first-order chi connectivity index (χ1) is 13.3. The molecule has 9 nitrogen and oxygen atoms in total. The molecule has 29 heavy (non-hydrogen) atoms. The van der Waals surface area contributed by atoms with Crippen molar-refractivity contribution in [3.05, 3.63) is 51.8 Å². The van der Waals surface area contributed by atoms with Gasteiger partial charge in [-0.1, -0.05) is 0 Å². The summed E-state index contributed by atoms with van der Waals surface area (Å²) in [7, 11) is 0. The number of nitro groups is 1. The average molecular weight is 415 g/mol. The number of rotatable bonds is 4. The minimum atomic E-state index is -4.71. The number of ether oxygens (including phenoxy) is 1. The number of nitrogens with zero attached hydrogens (tertiary/aromatic N) is 1. The highest BCUT2D eigenvalue weighted by atomic mass is 19.4. The van der Waals surface area contributed by atoms with Crippen LogP contribution in [0.1, 0.15) is 36.9 Å². The van der Waals surface area contributed by atoms with Gasteiger partial charge in [-0.05, 0) is 45.0 Å². The second kappa shape index (κ2) is 7.81. The van der Waals surface area contributed by atoms with Gasteiger partial charge in [0.05, 0.1) is 23.0 Å². The Morgan fingerprint density at radius 3 is 2.24 bits per heavy atom. The molecule has 0 radical (unpaired) electrons. The van der Waals surface area contributed by atoms with Crippen molar-refractivity contribution in [1.82, 2.24) is 0 Å². The largest absolute Gasteiger partial charge is 0.444 e. The van der Waals surface area contributed by atoms with Crippen molar-refractivity contribution in [3.63, 3.8) is 0 Å². The quantitative estimate of drug-likeness (QED) is 0.546. The standard InChI is InChI=1S/C17H16F3N3O6/c1-16(2,3)29-15(25)22-10-5-4-9(17(18,19)20)8-11(10)21-14(24)12-6-7-13(28-12)23(26)27/h4-8H,1-3H3,(H,21,24)(H,22,25). The van der Waals surface area contributed by atoms with Crippen molar-refractivity contribution in [3.8, 4) is 0 Å². The molecular formula is C17H16F3N3O6. The Bertz CT molecular complexity index is 947. The molecular weight excluding hydrogens is 399 g/mol. The molecule has 1 aromatic heterocycles. The summed E-state index contributed by atoms with van der Waals surface area (Å²) in [6, 6.07) is 4.15. The van der Waals surface area contributed by atoms with Crippen molar-refractivity contribution in [1.29, 1.82) is 0 Å². The van der Waals surface area contributed by atoms with Gasteiger partial charge in [-0.25, -0.2) is 4.79 Å². The summed E-state index contributed by atoms with van der Waals surface area (Å²) in [6.07, 6.45) is -5.67. The topological polar surface area (TPSA) is 124 Å². The molecule has 0 unspecified atom stereocenters. The zero-order valence-electron chi connectivity index (χ0n) is 15.4. The minimum Gasteiger partial charge on any atom is -0.444 e. The maximum absolute atomic E-state index is 13.0. The Morgan fingerprint density at radius 1 is 1.07 bits per heavy atom. The Kier molecular flexibility index (Phi) is 5.85. The molecule has 2 rings (SSSR count).